The van der Waals surface area contributed by atoms with Crippen LogP contribution in [-0.2, 0) is 9.53 Å². The maximum Gasteiger partial charge on any atom is 0.319 e. The third-order valence-corrected chi connectivity index (χ3v) is 4.13. The summed E-state index contributed by atoms with van der Waals surface area (Å²) >= 11 is 0. The molecule has 3 heterocycles. The second-order valence-electron chi connectivity index (χ2n) is 5.46. The highest BCUT2D eigenvalue weighted by atomic mass is 16.5. The zero-order valence-corrected chi connectivity index (χ0v) is 13.1. The first-order valence-electron chi connectivity index (χ1n) is 7.31. The SMILES string of the molecule is COC(=O)CN1CCN(c2c(C)c(C)nc3ncnn23)CC1. The van der Waals surface area contributed by atoms with Crippen molar-refractivity contribution < 1.29 is 9.53 Å². The Bertz CT molecular complexity index is 690. The van der Waals surface area contributed by atoms with Crippen molar-refractivity contribution in [1.82, 2.24) is 24.5 Å². The maximum atomic E-state index is 11.4. The fourth-order valence-corrected chi connectivity index (χ4v) is 2.75. The van der Waals surface area contributed by atoms with Crippen LogP contribution in [0.1, 0.15) is 11.3 Å². The van der Waals surface area contributed by atoms with Gasteiger partial charge >= 0.3 is 5.97 Å². The molecule has 0 amide bonds. The summed E-state index contributed by atoms with van der Waals surface area (Å²) in [5.41, 5.74) is 2.08. The molecule has 0 atom stereocenters. The van der Waals surface area contributed by atoms with Gasteiger partial charge in [-0.1, -0.05) is 0 Å². The lowest BCUT2D eigenvalue weighted by Crippen LogP contribution is -2.49. The van der Waals surface area contributed by atoms with Crippen LogP contribution in [-0.4, -0.2) is 70.3 Å². The molecular weight excluding hydrogens is 284 g/mol. The summed E-state index contributed by atoms with van der Waals surface area (Å²) in [4.78, 5) is 24.4. The van der Waals surface area contributed by atoms with Crippen LogP contribution < -0.4 is 4.90 Å². The van der Waals surface area contributed by atoms with E-state index in [1.807, 2.05) is 6.92 Å². The smallest absolute Gasteiger partial charge is 0.319 e. The topological polar surface area (TPSA) is 75.9 Å². The molecule has 0 unspecified atom stereocenters. The van der Waals surface area contributed by atoms with Crippen LogP contribution in [0.4, 0.5) is 5.82 Å². The normalized spacial score (nSPS) is 16.2. The van der Waals surface area contributed by atoms with Crippen molar-refractivity contribution >= 4 is 17.6 Å². The van der Waals surface area contributed by atoms with Gasteiger partial charge in [0.15, 0.2) is 0 Å². The Kier molecular flexibility index (Phi) is 3.93. The van der Waals surface area contributed by atoms with Gasteiger partial charge in [0.2, 0.25) is 0 Å². The predicted molar refractivity (Wildman–Crippen MR) is 80.9 cm³/mol. The molecule has 0 aromatic carbocycles. The van der Waals surface area contributed by atoms with E-state index in [4.69, 9.17) is 4.74 Å². The number of carbonyl (C=O) groups is 1. The van der Waals surface area contributed by atoms with Gasteiger partial charge in [-0.3, -0.25) is 9.69 Å². The molecule has 22 heavy (non-hydrogen) atoms. The lowest BCUT2D eigenvalue weighted by molar-refractivity contribution is -0.142. The van der Waals surface area contributed by atoms with Gasteiger partial charge in [-0.05, 0) is 13.8 Å². The average Bonchev–Trinajstić information content (AvgIpc) is 2.97. The molecule has 0 saturated carbocycles. The summed E-state index contributed by atoms with van der Waals surface area (Å²) in [5.74, 6) is 1.47. The fourth-order valence-electron chi connectivity index (χ4n) is 2.75. The second kappa shape index (κ2) is 5.88. The number of rotatable bonds is 3. The zero-order chi connectivity index (χ0) is 15.7. The minimum absolute atomic E-state index is 0.192. The van der Waals surface area contributed by atoms with Gasteiger partial charge in [-0.15, -0.1) is 0 Å². The number of aromatic nitrogens is 4. The summed E-state index contributed by atoms with van der Waals surface area (Å²) in [6.07, 6.45) is 1.53. The lowest BCUT2D eigenvalue weighted by Gasteiger charge is -2.36. The van der Waals surface area contributed by atoms with Crippen LogP contribution >= 0.6 is 0 Å². The highest BCUT2D eigenvalue weighted by Crippen LogP contribution is 2.23. The molecule has 118 valence electrons. The Morgan fingerprint density at radius 2 is 2.00 bits per heavy atom. The molecule has 8 nitrogen and oxygen atoms in total. The van der Waals surface area contributed by atoms with Crippen molar-refractivity contribution in [3.63, 3.8) is 0 Å². The van der Waals surface area contributed by atoms with Gasteiger partial charge < -0.3 is 9.64 Å². The van der Waals surface area contributed by atoms with E-state index < -0.39 is 0 Å². The lowest BCUT2D eigenvalue weighted by atomic mass is 10.2. The van der Waals surface area contributed by atoms with Crippen LogP contribution in [0.3, 0.4) is 0 Å². The third-order valence-electron chi connectivity index (χ3n) is 4.13. The van der Waals surface area contributed by atoms with Crippen molar-refractivity contribution in [3.05, 3.63) is 17.6 Å². The molecule has 0 bridgehead atoms. The summed E-state index contributed by atoms with van der Waals surface area (Å²) in [5, 5.41) is 4.29. The molecule has 1 aliphatic rings. The standard InChI is InChI=1S/C14H20N6O2/c1-10-11(2)17-14-15-9-16-20(14)13(10)19-6-4-18(5-7-19)8-12(21)22-3/h9H,4-8H2,1-3H3. The quantitative estimate of drug-likeness (QED) is 0.741. The molecule has 0 aliphatic carbocycles. The van der Waals surface area contributed by atoms with Crippen LogP contribution in [0.15, 0.2) is 6.33 Å². The Hall–Kier alpha value is -2.22. The second-order valence-corrected chi connectivity index (χ2v) is 5.46. The number of hydrogen-bond donors (Lipinski definition) is 0. The van der Waals surface area contributed by atoms with E-state index in [-0.39, 0.29) is 5.97 Å². The van der Waals surface area contributed by atoms with Crippen LogP contribution in [0.2, 0.25) is 0 Å². The largest absolute Gasteiger partial charge is 0.468 e. The molecule has 3 rings (SSSR count). The first-order chi connectivity index (χ1) is 10.6. The summed E-state index contributed by atoms with van der Waals surface area (Å²) in [6.45, 7) is 7.67. The highest BCUT2D eigenvalue weighted by Gasteiger charge is 2.23. The van der Waals surface area contributed by atoms with Gasteiger partial charge in [0, 0.05) is 37.4 Å². The van der Waals surface area contributed by atoms with Crippen molar-refractivity contribution in [2.45, 2.75) is 13.8 Å². The number of methoxy groups -OCH3 is 1. The fraction of sp³-hybridized carbons (Fsp3) is 0.571. The number of ether oxygens (including phenoxy) is 1. The van der Waals surface area contributed by atoms with Gasteiger partial charge in [-0.25, -0.2) is 4.98 Å². The van der Waals surface area contributed by atoms with Crippen LogP contribution in [0.5, 0.6) is 0 Å². The minimum atomic E-state index is -0.192. The summed E-state index contributed by atoms with van der Waals surface area (Å²) < 4.78 is 6.51. The number of piperazine rings is 1. The number of aryl methyl sites for hydroxylation is 1. The predicted octanol–water partition coefficient (Wildman–Crippen LogP) is 0.0361. The minimum Gasteiger partial charge on any atom is -0.468 e. The van der Waals surface area contributed by atoms with Crippen LogP contribution in [0, 0.1) is 13.8 Å². The molecule has 2 aromatic rings. The van der Waals surface area contributed by atoms with Gasteiger partial charge in [0.1, 0.15) is 12.1 Å². The molecule has 1 saturated heterocycles. The maximum absolute atomic E-state index is 11.4. The number of anilines is 1. The number of esters is 1. The van der Waals surface area contributed by atoms with E-state index in [1.165, 1.54) is 13.4 Å². The van der Waals surface area contributed by atoms with E-state index in [9.17, 15) is 4.79 Å². The molecule has 0 spiro atoms. The van der Waals surface area contributed by atoms with E-state index in [0.717, 1.165) is 43.3 Å². The Morgan fingerprint density at radius 1 is 1.27 bits per heavy atom. The Balaban J connectivity index is 1.80. The van der Waals surface area contributed by atoms with E-state index >= 15 is 0 Å². The molecular formula is C14H20N6O2. The van der Waals surface area contributed by atoms with Gasteiger partial charge in [0.05, 0.1) is 13.7 Å². The average molecular weight is 304 g/mol. The molecule has 0 N–H and O–H groups in total. The zero-order valence-electron chi connectivity index (χ0n) is 13.1. The monoisotopic (exact) mass is 304 g/mol. The molecule has 8 heteroatoms. The molecule has 0 radical (unpaired) electrons. The molecule has 1 aliphatic heterocycles. The first kappa shape index (κ1) is 14.7. The van der Waals surface area contributed by atoms with Gasteiger partial charge in [0.25, 0.3) is 5.78 Å². The van der Waals surface area contributed by atoms with Crippen molar-refractivity contribution in [2.24, 2.45) is 0 Å². The summed E-state index contributed by atoms with van der Waals surface area (Å²) in [7, 11) is 1.42. The summed E-state index contributed by atoms with van der Waals surface area (Å²) in [6, 6.07) is 0. The Morgan fingerprint density at radius 3 is 2.68 bits per heavy atom. The Labute approximate surface area is 128 Å². The third kappa shape index (κ3) is 2.61. The number of hydrogen-bond acceptors (Lipinski definition) is 7. The van der Waals surface area contributed by atoms with Gasteiger partial charge in [-0.2, -0.15) is 14.6 Å². The van der Waals surface area contributed by atoms with E-state index in [2.05, 4.69) is 31.8 Å². The van der Waals surface area contributed by atoms with Crippen molar-refractivity contribution in [2.75, 3.05) is 44.7 Å². The number of fused-ring (bicyclic) bond motifs is 1. The highest BCUT2D eigenvalue weighted by molar-refractivity contribution is 5.71. The molecule has 1 fully saturated rings. The van der Waals surface area contributed by atoms with E-state index in [0.29, 0.717) is 12.3 Å². The van der Waals surface area contributed by atoms with Crippen molar-refractivity contribution in [1.29, 1.82) is 0 Å². The number of carbonyl (C=O) groups excluding carboxylic acids is 1. The first-order valence-corrected chi connectivity index (χ1v) is 7.31. The molecule has 2 aromatic heterocycles. The number of nitrogens with zero attached hydrogens (tertiary/aromatic N) is 6. The van der Waals surface area contributed by atoms with Crippen molar-refractivity contribution in [3.8, 4) is 0 Å². The van der Waals surface area contributed by atoms with E-state index in [1.54, 1.807) is 4.52 Å². The van der Waals surface area contributed by atoms with Crippen LogP contribution in [0.25, 0.3) is 5.78 Å².